The van der Waals surface area contributed by atoms with Gasteiger partial charge in [-0.1, -0.05) is 0 Å². The molecule has 1 amide bonds. The van der Waals surface area contributed by atoms with Gasteiger partial charge in [-0.15, -0.1) is 0 Å². The zero-order valence-electron chi connectivity index (χ0n) is 31.7. The van der Waals surface area contributed by atoms with E-state index in [2.05, 4.69) is 30.0 Å². The number of rotatable bonds is 16. The fourth-order valence-electron chi connectivity index (χ4n) is 7.34. The minimum atomic E-state index is -0.914. The van der Waals surface area contributed by atoms with E-state index >= 15 is 0 Å². The maximum atomic E-state index is 14.4. The van der Waals surface area contributed by atoms with Crippen molar-refractivity contribution in [1.82, 2.24) is 35.0 Å². The number of carbonyl (C=O) groups is 1. The van der Waals surface area contributed by atoms with Crippen LogP contribution in [0.15, 0.2) is 43.0 Å². The Morgan fingerprint density at radius 1 is 1.02 bits per heavy atom. The second-order valence-electron chi connectivity index (χ2n) is 14.7. The summed E-state index contributed by atoms with van der Waals surface area (Å²) in [7, 11) is 0. The summed E-state index contributed by atoms with van der Waals surface area (Å²) in [5, 5.41) is 12.9. The third kappa shape index (κ3) is 9.98. The topological polar surface area (TPSA) is 129 Å². The van der Waals surface area contributed by atoms with Crippen molar-refractivity contribution in [3.63, 3.8) is 0 Å². The number of fused-ring (bicyclic) bond motifs is 1. The molecule has 3 aliphatic heterocycles. The highest BCUT2D eigenvalue weighted by Crippen LogP contribution is 2.35. The van der Waals surface area contributed by atoms with Gasteiger partial charge in [-0.2, -0.15) is 0 Å². The summed E-state index contributed by atoms with van der Waals surface area (Å²) in [6.45, 7) is 17.1. The number of hydrogen-bond acceptors (Lipinski definition) is 12. The van der Waals surface area contributed by atoms with E-state index in [1.807, 2.05) is 46.9 Å². The largest absolute Gasteiger partial charge is 0.490 e. The molecule has 2 saturated heterocycles. The van der Waals surface area contributed by atoms with Crippen LogP contribution in [0.5, 0.6) is 17.2 Å². The van der Waals surface area contributed by atoms with Gasteiger partial charge in [0, 0.05) is 94.6 Å². The van der Waals surface area contributed by atoms with Crippen LogP contribution in [0.4, 0.5) is 10.2 Å². The highest BCUT2D eigenvalue weighted by Gasteiger charge is 2.31. The number of aliphatic hydroxyl groups excluding tert-OH is 1. The van der Waals surface area contributed by atoms with E-state index in [4.69, 9.17) is 19.2 Å². The molecular weight excluding hydrogens is 679 g/mol. The number of piperidine rings is 1. The predicted octanol–water partition coefficient (Wildman–Crippen LogP) is 4.44. The molecule has 14 heteroatoms. The predicted molar refractivity (Wildman–Crippen MR) is 200 cm³/mol. The third-order valence-electron chi connectivity index (χ3n) is 10.1. The summed E-state index contributed by atoms with van der Waals surface area (Å²) in [5.41, 5.74) is 2.46. The molecule has 13 nitrogen and oxygen atoms in total. The summed E-state index contributed by atoms with van der Waals surface area (Å²) >= 11 is 0. The zero-order valence-corrected chi connectivity index (χ0v) is 31.7. The van der Waals surface area contributed by atoms with Crippen molar-refractivity contribution >= 4 is 11.7 Å². The van der Waals surface area contributed by atoms with Crippen molar-refractivity contribution in [2.24, 2.45) is 0 Å². The van der Waals surface area contributed by atoms with Gasteiger partial charge in [0.15, 0.2) is 11.6 Å². The van der Waals surface area contributed by atoms with Gasteiger partial charge in [-0.05, 0) is 78.4 Å². The van der Waals surface area contributed by atoms with Gasteiger partial charge >= 0.3 is 0 Å². The molecule has 0 bridgehead atoms. The van der Waals surface area contributed by atoms with Gasteiger partial charge in [0.2, 0.25) is 6.41 Å². The Morgan fingerprint density at radius 3 is 2.53 bits per heavy atom. The molecular formula is C39H55FN8O5. The van der Waals surface area contributed by atoms with E-state index in [-0.39, 0.29) is 41.5 Å². The monoisotopic (exact) mass is 734 g/mol. The Labute approximate surface area is 312 Å². The lowest BCUT2D eigenvalue weighted by Gasteiger charge is -2.40. The van der Waals surface area contributed by atoms with E-state index in [0.717, 1.165) is 76.4 Å². The van der Waals surface area contributed by atoms with Crippen LogP contribution in [0.1, 0.15) is 75.5 Å². The lowest BCUT2D eigenvalue weighted by atomic mass is 10.0. The molecule has 0 radical (unpaired) electrons. The van der Waals surface area contributed by atoms with Crippen LogP contribution < -0.4 is 19.7 Å². The van der Waals surface area contributed by atoms with Gasteiger partial charge < -0.3 is 29.1 Å². The molecule has 1 atom stereocenters. The molecule has 2 N–H and O–H groups in total. The Morgan fingerprint density at radius 2 is 1.79 bits per heavy atom. The Hall–Kier alpha value is -3.95. The summed E-state index contributed by atoms with van der Waals surface area (Å²) in [5.74, 6) is 1.40. The fourth-order valence-corrected chi connectivity index (χ4v) is 7.34. The van der Waals surface area contributed by atoms with Crippen LogP contribution in [0.3, 0.4) is 0 Å². The average Bonchev–Trinajstić information content (AvgIpc) is 3.12. The molecule has 0 aliphatic carbocycles. The third-order valence-corrected chi connectivity index (χ3v) is 10.1. The number of nitrogens with zero attached hydrogens (tertiary/aromatic N) is 7. The standard InChI is InChI=1S/C39H55FN8O5/c1-6-48(27(4)5)38(49)31-20-28(40)8-9-34(31)53-36-21-41-25-43-37(36)47-18-11-29(12-19-47)51-35-10-14-42-33-13-17-45(24-32(33)35)15-7-16-46-22-30(23-46)52-39(50)44-26(2)3/h8-10,14,20-21,25-27,29-30,39,44,50H,6-7,11-13,15-19,22-24H2,1-5H3. The van der Waals surface area contributed by atoms with Gasteiger partial charge in [-0.25, -0.2) is 14.4 Å². The van der Waals surface area contributed by atoms with E-state index in [9.17, 15) is 14.3 Å². The van der Waals surface area contributed by atoms with Crippen molar-refractivity contribution in [1.29, 1.82) is 0 Å². The molecule has 288 valence electrons. The number of hydrogen-bond donors (Lipinski definition) is 2. The number of aromatic nitrogens is 3. The van der Waals surface area contributed by atoms with Gasteiger partial charge in [0.1, 0.15) is 29.7 Å². The van der Waals surface area contributed by atoms with Gasteiger partial charge in [-0.3, -0.25) is 24.9 Å². The van der Waals surface area contributed by atoms with E-state index in [1.54, 1.807) is 11.1 Å². The molecule has 2 fully saturated rings. The minimum absolute atomic E-state index is 0.0348. The molecule has 0 spiro atoms. The number of benzene rings is 1. The number of carbonyl (C=O) groups excluding carboxylic acids is 1. The second-order valence-corrected chi connectivity index (χ2v) is 14.7. The van der Waals surface area contributed by atoms with Crippen LogP contribution in [0.2, 0.25) is 0 Å². The molecule has 2 aromatic heterocycles. The second kappa shape index (κ2) is 17.9. The van der Waals surface area contributed by atoms with E-state index < -0.39 is 12.2 Å². The van der Waals surface area contributed by atoms with Crippen molar-refractivity contribution in [2.45, 2.75) is 97.6 Å². The number of aliphatic hydroxyl groups is 1. The van der Waals surface area contributed by atoms with Crippen LogP contribution in [-0.4, -0.2) is 124 Å². The molecule has 5 heterocycles. The number of halogens is 1. The highest BCUT2D eigenvalue weighted by atomic mass is 19.1. The van der Waals surface area contributed by atoms with Crippen molar-refractivity contribution in [2.75, 3.05) is 57.3 Å². The summed E-state index contributed by atoms with van der Waals surface area (Å²) in [4.78, 5) is 35.5. The van der Waals surface area contributed by atoms with E-state index in [0.29, 0.717) is 31.2 Å². The number of likely N-dealkylation sites (tertiary alicyclic amines) is 1. The Balaban J connectivity index is 1.01. The Kier molecular flexibility index (Phi) is 13.1. The maximum absolute atomic E-state index is 14.4. The van der Waals surface area contributed by atoms with Gasteiger partial charge in [0.05, 0.1) is 17.9 Å². The van der Waals surface area contributed by atoms with Crippen LogP contribution >= 0.6 is 0 Å². The molecule has 6 rings (SSSR count). The zero-order chi connectivity index (χ0) is 37.5. The molecule has 1 aromatic carbocycles. The molecule has 3 aromatic rings. The first-order valence-electron chi connectivity index (χ1n) is 19.1. The summed E-state index contributed by atoms with van der Waals surface area (Å²) in [6.07, 6.45) is 7.66. The van der Waals surface area contributed by atoms with Gasteiger partial charge in [0.25, 0.3) is 5.91 Å². The lowest BCUT2D eigenvalue weighted by Crippen LogP contribution is -2.55. The molecule has 53 heavy (non-hydrogen) atoms. The van der Waals surface area contributed by atoms with Crippen molar-refractivity contribution in [3.8, 4) is 17.2 Å². The number of amides is 1. The summed E-state index contributed by atoms with van der Waals surface area (Å²) in [6, 6.07) is 6.12. The quantitative estimate of drug-likeness (QED) is 0.202. The Bertz CT molecular complexity index is 1670. The summed E-state index contributed by atoms with van der Waals surface area (Å²) < 4.78 is 33.0. The number of nitrogens with one attached hydrogen (secondary N) is 1. The SMILES string of the molecule is CCN(C(=O)c1cc(F)ccc1Oc1cncnc1N1CCC(Oc2ccnc3c2CN(CCCN2CC(OC(O)NC(C)C)C2)CC3)CC1)C(C)C. The maximum Gasteiger partial charge on any atom is 0.257 e. The minimum Gasteiger partial charge on any atom is -0.490 e. The number of ether oxygens (including phenoxy) is 3. The number of pyridine rings is 1. The van der Waals surface area contributed by atoms with E-state index in [1.165, 1.54) is 30.1 Å². The smallest absolute Gasteiger partial charge is 0.257 e. The number of anilines is 1. The molecule has 1 unspecified atom stereocenters. The first kappa shape index (κ1) is 38.8. The van der Waals surface area contributed by atoms with Crippen LogP contribution in [0.25, 0.3) is 0 Å². The highest BCUT2D eigenvalue weighted by molar-refractivity contribution is 5.97. The normalized spacial score (nSPS) is 17.9. The first-order valence-corrected chi connectivity index (χ1v) is 19.1. The molecule has 3 aliphatic rings. The van der Waals surface area contributed by atoms with Crippen molar-refractivity contribution in [3.05, 3.63) is 65.6 Å². The van der Waals surface area contributed by atoms with Crippen LogP contribution in [0, 0.1) is 5.82 Å². The fraction of sp³-hybridized carbons (Fsp3) is 0.590. The average molecular weight is 735 g/mol. The first-order chi connectivity index (χ1) is 25.6. The molecule has 0 saturated carbocycles. The lowest BCUT2D eigenvalue weighted by molar-refractivity contribution is -0.190. The van der Waals surface area contributed by atoms with Crippen LogP contribution in [-0.2, 0) is 17.7 Å². The van der Waals surface area contributed by atoms with Crippen molar-refractivity contribution < 1.29 is 28.5 Å².